The third kappa shape index (κ3) is 3.08. The van der Waals surface area contributed by atoms with E-state index in [1.54, 1.807) is 0 Å². The molecule has 1 saturated carbocycles. The van der Waals surface area contributed by atoms with Gasteiger partial charge in [0.05, 0.1) is 10.7 Å². The summed E-state index contributed by atoms with van der Waals surface area (Å²) >= 11 is 6.50. The van der Waals surface area contributed by atoms with Crippen molar-refractivity contribution in [3.8, 4) is 0 Å². The molecular weight excluding hydrogens is 374 g/mol. The van der Waals surface area contributed by atoms with Crippen LogP contribution in [0.25, 0.3) is 0 Å². The van der Waals surface area contributed by atoms with Gasteiger partial charge in [0.1, 0.15) is 0 Å². The molecule has 4 aliphatic rings. The van der Waals surface area contributed by atoms with Gasteiger partial charge in [0, 0.05) is 56.2 Å². The first kappa shape index (κ1) is 18.3. The van der Waals surface area contributed by atoms with Crippen molar-refractivity contribution in [3.63, 3.8) is 0 Å². The molecule has 5 rings (SSSR count). The highest BCUT2D eigenvalue weighted by atomic mass is 35.5. The van der Waals surface area contributed by atoms with Gasteiger partial charge in [0.2, 0.25) is 5.91 Å². The van der Waals surface area contributed by atoms with Gasteiger partial charge in [-0.1, -0.05) is 18.0 Å². The van der Waals surface area contributed by atoms with Gasteiger partial charge in [-0.25, -0.2) is 0 Å². The second-order valence-electron chi connectivity index (χ2n) is 8.85. The van der Waals surface area contributed by atoms with E-state index >= 15 is 0 Å². The van der Waals surface area contributed by atoms with E-state index in [-0.39, 0.29) is 11.8 Å². The number of nitrogens with zero attached hydrogens (tertiary/aromatic N) is 3. The number of amides is 2. The molecule has 1 aliphatic carbocycles. The second kappa shape index (κ2) is 7.25. The molecule has 3 heterocycles. The smallest absolute Gasteiger partial charge is 0.253 e. The van der Waals surface area contributed by atoms with Crippen LogP contribution in [0.4, 0.5) is 5.69 Å². The van der Waals surface area contributed by atoms with Crippen molar-refractivity contribution in [1.82, 2.24) is 9.80 Å². The van der Waals surface area contributed by atoms with Crippen LogP contribution < -0.4 is 4.90 Å². The summed E-state index contributed by atoms with van der Waals surface area (Å²) in [6, 6.07) is 6.09. The molecule has 1 aromatic rings. The molecule has 28 heavy (non-hydrogen) atoms. The fraction of sp³-hybridized carbons (Fsp3) is 0.636. The van der Waals surface area contributed by atoms with Crippen LogP contribution in [0.1, 0.15) is 48.9 Å². The normalized spacial score (nSPS) is 27.2. The van der Waals surface area contributed by atoms with E-state index in [1.807, 2.05) is 23.1 Å². The van der Waals surface area contributed by atoms with Gasteiger partial charge in [-0.15, -0.1) is 0 Å². The monoisotopic (exact) mass is 401 g/mol. The highest BCUT2D eigenvalue weighted by Gasteiger charge is 2.47. The number of benzene rings is 1. The summed E-state index contributed by atoms with van der Waals surface area (Å²) in [4.78, 5) is 31.8. The van der Waals surface area contributed by atoms with Gasteiger partial charge in [0.15, 0.2) is 0 Å². The number of halogens is 1. The van der Waals surface area contributed by atoms with E-state index in [1.165, 1.54) is 19.3 Å². The Balaban J connectivity index is 1.21. The van der Waals surface area contributed by atoms with E-state index in [0.717, 1.165) is 57.7 Å². The Bertz CT molecular complexity index is 788. The molecule has 3 aliphatic heterocycles. The SMILES string of the molecule is O=C(c1ccc(N2CCCC2)c(Cl)c1)N1CC[C@H]2[C@@H](C1)CN2C(=O)C1CCC1. The van der Waals surface area contributed by atoms with Crippen molar-refractivity contribution < 1.29 is 9.59 Å². The minimum Gasteiger partial charge on any atom is -0.370 e. The first-order valence-corrected chi connectivity index (χ1v) is 11.1. The van der Waals surface area contributed by atoms with Crippen LogP contribution >= 0.6 is 11.6 Å². The summed E-state index contributed by atoms with van der Waals surface area (Å²) in [5, 5.41) is 0.670. The zero-order valence-corrected chi connectivity index (χ0v) is 17.0. The molecule has 5 nitrogen and oxygen atoms in total. The molecule has 1 aromatic carbocycles. The summed E-state index contributed by atoms with van der Waals surface area (Å²) in [5.41, 5.74) is 1.71. The van der Waals surface area contributed by atoms with Crippen molar-refractivity contribution in [2.75, 3.05) is 37.6 Å². The number of hydrogen-bond acceptors (Lipinski definition) is 3. The van der Waals surface area contributed by atoms with Crippen LogP contribution in [-0.2, 0) is 4.79 Å². The van der Waals surface area contributed by atoms with Gasteiger partial charge in [-0.2, -0.15) is 0 Å². The highest BCUT2D eigenvalue weighted by Crippen LogP contribution is 2.38. The fourth-order valence-corrected chi connectivity index (χ4v) is 5.52. The minimum atomic E-state index is 0.0668. The molecule has 3 saturated heterocycles. The molecule has 2 amide bonds. The lowest BCUT2D eigenvalue weighted by atomic mass is 9.78. The number of likely N-dealkylation sites (tertiary alicyclic amines) is 2. The molecule has 0 N–H and O–H groups in total. The molecular formula is C22H28ClN3O2. The van der Waals surface area contributed by atoms with E-state index in [9.17, 15) is 9.59 Å². The Morgan fingerprint density at radius 1 is 0.964 bits per heavy atom. The largest absolute Gasteiger partial charge is 0.370 e. The average Bonchev–Trinajstić information content (AvgIpc) is 3.15. The van der Waals surface area contributed by atoms with Crippen molar-refractivity contribution in [2.24, 2.45) is 11.8 Å². The average molecular weight is 402 g/mol. The molecule has 4 fully saturated rings. The standard InChI is InChI=1S/C22H28ClN3O2/c23-18-12-16(6-7-20(18)24-9-1-2-10-24)21(27)25-11-8-19-17(13-25)14-26(19)22(28)15-4-3-5-15/h6-7,12,15,17,19H,1-5,8-11,13-14H2/t17-,19-/m0/s1. The number of anilines is 1. The molecule has 6 heteroatoms. The maximum atomic E-state index is 13.0. The van der Waals surface area contributed by atoms with Crippen molar-refractivity contribution in [1.29, 1.82) is 0 Å². The number of hydrogen-bond donors (Lipinski definition) is 0. The molecule has 150 valence electrons. The molecule has 0 unspecified atom stereocenters. The van der Waals surface area contributed by atoms with Crippen LogP contribution in [0.2, 0.25) is 5.02 Å². The van der Waals surface area contributed by atoms with Gasteiger partial charge in [-0.3, -0.25) is 9.59 Å². The number of piperidine rings is 1. The highest BCUT2D eigenvalue weighted by molar-refractivity contribution is 6.33. The molecule has 0 spiro atoms. The number of carbonyl (C=O) groups excluding carboxylic acids is 2. The first-order valence-electron chi connectivity index (χ1n) is 10.8. The van der Waals surface area contributed by atoms with Crippen molar-refractivity contribution in [3.05, 3.63) is 28.8 Å². The predicted octanol–water partition coefficient (Wildman–Crippen LogP) is 3.41. The zero-order valence-electron chi connectivity index (χ0n) is 16.3. The Morgan fingerprint density at radius 2 is 1.75 bits per heavy atom. The van der Waals surface area contributed by atoms with Gasteiger partial charge < -0.3 is 14.7 Å². The Morgan fingerprint density at radius 3 is 2.39 bits per heavy atom. The quantitative estimate of drug-likeness (QED) is 0.779. The van der Waals surface area contributed by atoms with Crippen LogP contribution in [0, 0.1) is 11.8 Å². The second-order valence-corrected chi connectivity index (χ2v) is 9.25. The first-order chi connectivity index (χ1) is 13.6. The predicted molar refractivity (Wildman–Crippen MR) is 110 cm³/mol. The van der Waals surface area contributed by atoms with E-state index in [2.05, 4.69) is 9.80 Å². The molecule has 0 bridgehead atoms. The Hall–Kier alpha value is -1.75. The lowest BCUT2D eigenvalue weighted by Gasteiger charge is -2.54. The fourth-order valence-electron chi connectivity index (χ4n) is 5.22. The Kier molecular flexibility index (Phi) is 4.74. The third-order valence-corrected chi connectivity index (χ3v) is 7.49. The maximum Gasteiger partial charge on any atom is 0.253 e. The Labute approximate surface area is 171 Å². The summed E-state index contributed by atoms with van der Waals surface area (Å²) in [5.74, 6) is 1.13. The summed E-state index contributed by atoms with van der Waals surface area (Å²) in [6.07, 6.45) is 6.62. The van der Waals surface area contributed by atoms with Gasteiger partial charge in [0.25, 0.3) is 5.91 Å². The third-order valence-electron chi connectivity index (χ3n) is 7.19. The number of carbonyl (C=O) groups is 2. The maximum absolute atomic E-state index is 13.0. The van der Waals surface area contributed by atoms with E-state index in [4.69, 9.17) is 11.6 Å². The van der Waals surface area contributed by atoms with Crippen LogP contribution in [-0.4, -0.2) is 60.4 Å². The lowest BCUT2D eigenvalue weighted by molar-refractivity contribution is -0.154. The van der Waals surface area contributed by atoms with Gasteiger partial charge in [-0.05, 0) is 50.3 Å². The zero-order chi connectivity index (χ0) is 19.3. The van der Waals surface area contributed by atoms with E-state index in [0.29, 0.717) is 28.5 Å². The molecule has 2 atom stereocenters. The number of fused-ring (bicyclic) bond motifs is 1. The summed E-state index contributed by atoms with van der Waals surface area (Å²) in [6.45, 7) is 4.37. The van der Waals surface area contributed by atoms with Crippen LogP contribution in [0.5, 0.6) is 0 Å². The van der Waals surface area contributed by atoms with Crippen molar-refractivity contribution >= 4 is 29.1 Å². The van der Waals surface area contributed by atoms with Crippen molar-refractivity contribution in [2.45, 2.75) is 44.6 Å². The summed E-state index contributed by atoms with van der Waals surface area (Å²) < 4.78 is 0. The molecule has 0 aromatic heterocycles. The van der Waals surface area contributed by atoms with Gasteiger partial charge >= 0.3 is 0 Å². The summed E-state index contributed by atoms with van der Waals surface area (Å²) in [7, 11) is 0. The van der Waals surface area contributed by atoms with E-state index < -0.39 is 0 Å². The number of rotatable bonds is 3. The van der Waals surface area contributed by atoms with Crippen LogP contribution in [0.15, 0.2) is 18.2 Å². The topological polar surface area (TPSA) is 43.9 Å². The minimum absolute atomic E-state index is 0.0668. The van der Waals surface area contributed by atoms with Crippen LogP contribution in [0.3, 0.4) is 0 Å². The molecule has 0 radical (unpaired) electrons. The lowest BCUT2D eigenvalue weighted by Crippen LogP contribution is -2.66.